The summed E-state index contributed by atoms with van der Waals surface area (Å²) < 4.78 is 0. The van der Waals surface area contributed by atoms with Crippen LogP contribution in [0.2, 0.25) is 0 Å². The third-order valence-corrected chi connectivity index (χ3v) is 5.30. The predicted molar refractivity (Wildman–Crippen MR) is 124 cm³/mol. The molecule has 0 aliphatic rings. The van der Waals surface area contributed by atoms with E-state index in [2.05, 4.69) is 75.7 Å². The van der Waals surface area contributed by atoms with Crippen LogP contribution in [0, 0.1) is 6.92 Å². The Labute approximate surface area is 176 Å². The van der Waals surface area contributed by atoms with Crippen molar-refractivity contribution in [3.63, 3.8) is 0 Å². The van der Waals surface area contributed by atoms with Gasteiger partial charge in [-0.05, 0) is 58.8 Å². The lowest BCUT2D eigenvalue weighted by Crippen LogP contribution is -2.39. The van der Waals surface area contributed by atoms with Gasteiger partial charge in [-0.15, -0.1) is 24.0 Å². The van der Waals surface area contributed by atoms with Crippen molar-refractivity contribution in [3.8, 4) is 0 Å². The van der Waals surface area contributed by atoms with Gasteiger partial charge in [0, 0.05) is 37.2 Å². The van der Waals surface area contributed by atoms with Gasteiger partial charge in [0.05, 0.1) is 0 Å². The van der Waals surface area contributed by atoms with Crippen molar-refractivity contribution < 1.29 is 0 Å². The minimum atomic E-state index is 0. The van der Waals surface area contributed by atoms with E-state index >= 15 is 0 Å². The van der Waals surface area contributed by atoms with Gasteiger partial charge < -0.3 is 15.6 Å². The molecular weight excluding hydrogens is 455 g/mol. The van der Waals surface area contributed by atoms with Crippen molar-refractivity contribution in [2.75, 3.05) is 20.1 Å². The zero-order chi connectivity index (χ0) is 17.6. The molecule has 4 nitrogen and oxygen atoms in total. The average Bonchev–Trinajstić information content (AvgIpc) is 3.28. The molecule has 3 aromatic rings. The number of fused-ring (bicyclic) bond motifs is 1. The van der Waals surface area contributed by atoms with Gasteiger partial charge in [-0.1, -0.05) is 19.1 Å². The van der Waals surface area contributed by atoms with Crippen molar-refractivity contribution in [1.82, 2.24) is 15.6 Å². The van der Waals surface area contributed by atoms with Crippen molar-refractivity contribution in [1.29, 1.82) is 0 Å². The third-order valence-electron chi connectivity index (χ3n) is 4.59. The second kappa shape index (κ2) is 9.97. The smallest absolute Gasteiger partial charge is 0.191 e. The molecule has 1 atom stereocenters. The predicted octanol–water partition coefficient (Wildman–Crippen LogP) is 4.67. The molecule has 0 amide bonds. The normalized spacial score (nSPS) is 12.7. The number of nitrogens with zero attached hydrogens (tertiary/aromatic N) is 1. The number of H-pyrrole nitrogens is 1. The van der Waals surface area contributed by atoms with Crippen LogP contribution >= 0.6 is 35.3 Å². The molecule has 0 radical (unpaired) electrons. The number of nitrogens with one attached hydrogen (secondary N) is 3. The van der Waals surface area contributed by atoms with Crippen molar-refractivity contribution in [3.05, 3.63) is 57.9 Å². The first-order chi connectivity index (χ1) is 12.2. The van der Waals surface area contributed by atoms with Crippen LogP contribution < -0.4 is 10.6 Å². The average molecular weight is 482 g/mol. The third kappa shape index (κ3) is 5.01. The van der Waals surface area contributed by atoms with Gasteiger partial charge in [0.25, 0.3) is 0 Å². The second-order valence-electron chi connectivity index (χ2n) is 6.40. The zero-order valence-electron chi connectivity index (χ0n) is 15.5. The molecule has 0 spiro atoms. The quantitative estimate of drug-likeness (QED) is 0.272. The van der Waals surface area contributed by atoms with Crippen LogP contribution in [0.4, 0.5) is 0 Å². The summed E-state index contributed by atoms with van der Waals surface area (Å²) in [6, 6.07) is 8.58. The van der Waals surface area contributed by atoms with Crippen LogP contribution in [0.15, 0.2) is 46.2 Å². The number of halogens is 1. The number of aryl methyl sites for hydroxylation is 1. The number of hydrogen-bond donors (Lipinski definition) is 3. The summed E-state index contributed by atoms with van der Waals surface area (Å²) in [5.74, 6) is 1.33. The van der Waals surface area contributed by atoms with Gasteiger partial charge >= 0.3 is 0 Å². The van der Waals surface area contributed by atoms with Crippen LogP contribution in [0.25, 0.3) is 10.9 Å². The largest absolute Gasteiger partial charge is 0.361 e. The lowest BCUT2D eigenvalue weighted by atomic mass is 10.1. The molecule has 2 aromatic heterocycles. The number of hydrogen-bond acceptors (Lipinski definition) is 2. The summed E-state index contributed by atoms with van der Waals surface area (Å²) in [6.45, 7) is 6.13. The number of aromatic amines is 1. The molecule has 0 aliphatic carbocycles. The fourth-order valence-corrected chi connectivity index (χ4v) is 3.89. The van der Waals surface area contributed by atoms with E-state index in [9.17, 15) is 0 Å². The van der Waals surface area contributed by atoms with Gasteiger partial charge in [-0.3, -0.25) is 4.99 Å². The van der Waals surface area contributed by atoms with Crippen molar-refractivity contribution in [2.24, 2.45) is 4.99 Å². The molecule has 3 N–H and O–H groups in total. The van der Waals surface area contributed by atoms with Crippen molar-refractivity contribution in [2.45, 2.75) is 26.2 Å². The fourth-order valence-electron chi connectivity index (χ4n) is 3.11. The Morgan fingerprint density at radius 1 is 1.27 bits per heavy atom. The maximum absolute atomic E-state index is 4.33. The standard InChI is InChI=1S/C20H26N4S.HI/c1-14-5-4-6-18-19(14)16(12-23-18)7-9-22-20(21-3)24-11-15(2)17-8-10-25-13-17;/h4-6,8,10,12-13,15,23H,7,9,11H2,1-3H3,(H2,21,22,24);1H. The Kier molecular flexibility index (Phi) is 7.96. The highest BCUT2D eigenvalue weighted by molar-refractivity contribution is 14.0. The number of aromatic nitrogens is 1. The van der Waals surface area contributed by atoms with E-state index in [4.69, 9.17) is 0 Å². The van der Waals surface area contributed by atoms with Gasteiger partial charge in [0.2, 0.25) is 0 Å². The van der Waals surface area contributed by atoms with Crippen LogP contribution in [0.5, 0.6) is 0 Å². The highest BCUT2D eigenvalue weighted by Gasteiger charge is 2.08. The monoisotopic (exact) mass is 482 g/mol. The summed E-state index contributed by atoms with van der Waals surface area (Å²) in [6.07, 6.45) is 3.08. The Morgan fingerprint density at radius 3 is 2.85 bits per heavy atom. The molecule has 1 unspecified atom stereocenters. The van der Waals surface area contributed by atoms with E-state index in [-0.39, 0.29) is 24.0 Å². The number of benzene rings is 1. The molecule has 0 saturated carbocycles. The lowest BCUT2D eigenvalue weighted by molar-refractivity contribution is 0.700. The van der Waals surface area contributed by atoms with E-state index in [1.165, 1.54) is 27.6 Å². The van der Waals surface area contributed by atoms with E-state index < -0.39 is 0 Å². The molecule has 140 valence electrons. The minimum Gasteiger partial charge on any atom is -0.361 e. The molecule has 0 bridgehead atoms. The molecule has 0 saturated heterocycles. The van der Waals surface area contributed by atoms with E-state index in [1.807, 2.05) is 7.05 Å². The van der Waals surface area contributed by atoms with Gasteiger partial charge in [-0.25, -0.2) is 0 Å². The van der Waals surface area contributed by atoms with Crippen LogP contribution in [-0.4, -0.2) is 31.1 Å². The summed E-state index contributed by atoms with van der Waals surface area (Å²) in [5, 5.41) is 12.5. The highest BCUT2D eigenvalue weighted by Crippen LogP contribution is 2.22. The summed E-state index contributed by atoms with van der Waals surface area (Å²) in [5.41, 5.74) is 5.26. The summed E-state index contributed by atoms with van der Waals surface area (Å²) >= 11 is 1.75. The second-order valence-corrected chi connectivity index (χ2v) is 7.18. The van der Waals surface area contributed by atoms with E-state index in [0.717, 1.165) is 25.5 Å². The van der Waals surface area contributed by atoms with Gasteiger partial charge in [-0.2, -0.15) is 11.3 Å². The first-order valence-electron chi connectivity index (χ1n) is 8.71. The maximum atomic E-state index is 4.33. The number of thiophene rings is 1. The van der Waals surface area contributed by atoms with Gasteiger partial charge in [0.1, 0.15) is 0 Å². The molecule has 0 fully saturated rings. The Morgan fingerprint density at radius 2 is 2.12 bits per heavy atom. The molecular formula is C20H27IN4S. The lowest BCUT2D eigenvalue weighted by Gasteiger charge is -2.15. The first kappa shape index (κ1) is 20.8. The molecule has 0 aliphatic heterocycles. The molecule has 26 heavy (non-hydrogen) atoms. The molecule has 6 heteroatoms. The summed E-state index contributed by atoms with van der Waals surface area (Å²) in [4.78, 5) is 7.69. The molecule has 1 aromatic carbocycles. The number of guanidine groups is 1. The maximum Gasteiger partial charge on any atom is 0.191 e. The Hall–Kier alpha value is -1.54. The van der Waals surface area contributed by atoms with E-state index in [0.29, 0.717) is 5.92 Å². The Bertz CT molecular complexity index is 839. The van der Waals surface area contributed by atoms with Crippen LogP contribution in [0.1, 0.15) is 29.5 Å². The zero-order valence-corrected chi connectivity index (χ0v) is 18.7. The van der Waals surface area contributed by atoms with Crippen LogP contribution in [-0.2, 0) is 6.42 Å². The number of rotatable bonds is 6. The Balaban J connectivity index is 0.00000243. The molecule has 3 rings (SSSR count). The fraction of sp³-hybridized carbons (Fsp3) is 0.350. The first-order valence-corrected chi connectivity index (χ1v) is 9.65. The molecule has 2 heterocycles. The van der Waals surface area contributed by atoms with E-state index in [1.54, 1.807) is 11.3 Å². The van der Waals surface area contributed by atoms with Crippen molar-refractivity contribution >= 4 is 52.2 Å². The highest BCUT2D eigenvalue weighted by atomic mass is 127. The SMILES string of the molecule is CN=C(NCCc1c[nH]c2cccc(C)c12)NCC(C)c1ccsc1.I. The minimum absolute atomic E-state index is 0. The summed E-state index contributed by atoms with van der Waals surface area (Å²) in [7, 11) is 1.82. The van der Waals surface area contributed by atoms with Gasteiger partial charge in [0.15, 0.2) is 5.96 Å². The topological polar surface area (TPSA) is 52.2 Å². The number of aliphatic imine (C=N–C) groups is 1. The van der Waals surface area contributed by atoms with Crippen LogP contribution in [0.3, 0.4) is 0 Å².